The molecule has 2 rings (SSSR count). The van der Waals surface area contributed by atoms with E-state index >= 15 is 0 Å². The molecule has 1 nitrogen and oxygen atoms in total. The van der Waals surface area contributed by atoms with Crippen LogP contribution in [-0.2, 0) is 6.54 Å². The molecule has 2 aromatic carbocycles. The fraction of sp³-hybridized carbons (Fsp3) is 0.143. The SMILES string of the molecule is Cc1ccc(F)c(NCc2ccc(Cl)cc2Cl)c1F. The molecular weight excluding hydrogens is 291 g/mol. The van der Waals surface area contributed by atoms with E-state index in [1.165, 1.54) is 12.1 Å². The number of halogens is 4. The van der Waals surface area contributed by atoms with E-state index < -0.39 is 11.6 Å². The molecule has 0 amide bonds. The fourth-order valence-electron chi connectivity index (χ4n) is 1.67. The van der Waals surface area contributed by atoms with Crippen molar-refractivity contribution in [2.75, 3.05) is 5.32 Å². The highest BCUT2D eigenvalue weighted by atomic mass is 35.5. The second-order valence-electron chi connectivity index (χ2n) is 4.14. The van der Waals surface area contributed by atoms with Crippen molar-refractivity contribution < 1.29 is 8.78 Å². The summed E-state index contributed by atoms with van der Waals surface area (Å²) >= 11 is 11.8. The largest absolute Gasteiger partial charge is 0.376 e. The molecule has 0 unspecified atom stereocenters. The van der Waals surface area contributed by atoms with Gasteiger partial charge >= 0.3 is 0 Å². The van der Waals surface area contributed by atoms with Gasteiger partial charge in [0.05, 0.1) is 0 Å². The molecule has 5 heteroatoms. The van der Waals surface area contributed by atoms with E-state index in [4.69, 9.17) is 23.2 Å². The van der Waals surface area contributed by atoms with Crippen LogP contribution >= 0.6 is 23.2 Å². The number of anilines is 1. The van der Waals surface area contributed by atoms with Gasteiger partial charge in [0.15, 0.2) is 5.82 Å². The molecule has 0 spiro atoms. The summed E-state index contributed by atoms with van der Waals surface area (Å²) in [5.74, 6) is -1.22. The van der Waals surface area contributed by atoms with Gasteiger partial charge in [0.25, 0.3) is 0 Å². The minimum atomic E-state index is -0.631. The molecular formula is C14H11Cl2F2N. The summed E-state index contributed by atoms with van der Waals surface area (Å²) in [6.07, 6.45) is 0. The lowest BCUT2D eigenvalue weighted by molar-refractivity contribution is 0.582. The molecule has 0 aromatic heterocycles. The van der Waals surface area contributed by atoms with Crippen LogP contribution in [0.3, 0.4) is 0 Å². The van der Waals surface area contributed by atoms with E-state index in [2.05, 4.69) is 5.32 Å². The molecule has 1 N–H and O–H groups in total. The lowest BCUT2D eigenvalue weighted by Gasteiger charge is -2.11. The maximum Gasteiger partial charge on any atom is 0.152 e. The molecule has 19 heavy (non-hydrogen) atoms. The fourth-order valence-corrected chi connectivity index (χ4v) is 2.14. The summed E-state index contributed by atoms with van der Waals surface area (Å²) in [6, 6.07) is 7.59. The molecule has 0 aliphatic heterocycles. The summed E-state index contributed by atoms with van der Waals surface area (Å²) in [5.41, 5.74) is 0.948. The lowest BCUT2D eigenvalue weighted by atomic mass is 10.1. The van der Waals surface area contributed by atoms with Crippen molar-refractivity contribution >= 4 is 28.9 Å². The Hall–Kier alpha value is -1.32. The van der Waals surface area contributed by atoms with Gasteiger partial charge < -0.3 is 5.32 Å². The standard InChI is InChI=1S/C14H11Cl2F2N/c1-8-2-5-12(17)14(13(8)18)19-7-9-3-4-10(15)6-11(9)16/h2-6,19H,7H2,1H3. The van der Waals surface area contributed by atoms with Crippen molar-refractivity contribution in [3.63, 3.8) is 0 Å². The van der Waals surface area contributed by atoms with Gasteiger partial charge in [-0.25, -0.2) is 8.78 Å². The number of aryl methyl sites for hydroxylation is 1. The Morgan fingerprint density at radius 1 is 1.11 bits per heavy atom. The first kappa shape index (κ1) is 14.1. The Balaban J connectivity index is 2.21. The first-order valence-corrected chi connectivity index (χ1v) is 6.37. The second kappa shape index (κ2) is 5.76. The highest BCUT2D eigenvalue weighted by Crippen LogP contribution is 2.25. The van der Waals surface area contributed by atoms with Crippen molar-refractivity contribution in [1.82, 2.24) is 0 Å². The van der Waals surface area contributed by atoms with Gasteiger partial charge in [0, 0.05) is 16.6 Å². The second-order valence-corrected chi connectivity index (χ2v) is 4.99. The van der Waals surface area contributed by atoms with E-state index in [1.807, 2.05) is 0 Å². The highest BCUT2D eigenvalue weighted by Gasteiger charge is 2.11. The predicted octanol–water partition coefficient (Wildman–Crippen LogP) is 5.19. The van der Waals surface area contributed by atoms with Gasteiger partial charge in [-0.3, -0.25) is 0 Å². The van der Waals surface area contributed by atoms with Gasteiger partial charge in [0.2, 0.25) is 0 Å². The van der Waals surface area contributed by atoms with Crippen molar-refractivity contribution in [3.8, 4) is 0 Å². The van der Waals surface area contributed by atoms with Crippen LogP contribution in [-0.4, -0.2) is 0 Å². The molecule has 0 saturated heterocycles. The van der Waals surface area contributed by atoms with Gasteiger partial charge in [0.1, 0.15) is 11.5 Å². The molecule has 0 radical (unpaired) electrons. The Bertz CT molecular complexity index is 615. The zero-order chi connectivity index (χ0) is 14.0. The van der Waals surface area contributed by atoms with Crippen LogP contribution in [0.15, 0.2) is 30.3 Å². The summed E-state index contributed by atoms with van der Waals surface area (Å²) in [7, 11) is 0. The molecule has 0 saturated carbocycles. The van der Waals surface area contributed by atoms with E-state index in [-0.39, 0.29) is 12.2 Å². The van der Waals surface area contributed by atoms with Crippen LogP contribution < -0.4 is 5.32 Å². The normalized spacial score (nSPS) is 10.6. The lowest BCUT2D eigenvalue weighted by Crippen LogP contribution is -2.05. The molecule has 0 aliphatic carbocycles. The van der Waals surface area contributed by atoms with Crippen LogP contribution in [0.4, 0.5) is 14.5 Å². The van der Waals surface area contributed by atoms with Crippen LogP contribution in [0.2, 0.25) is 10.0 Å². The minimum absolute atomic E-state index is 0.147. The van der Waals surface area contributed by atoms with Crippen LogP contribution in [0.25, 0.3) is 0 Å². The van der Waals surface area contributed by atoms with E-state index in [0.29, 0.717) is 21.2 Å². The number of rotatable bonds is 3. The third-order valence-corrected chi connectivity index (χ3v) is 3.34. The Labute approximate surface area is 120 Å². The van der Waals surface area contributed by atoms with Gasteiger partial charge in [-0.2, -0.15) is 0 Å². The smallest absolute Gasteiger partial charge is 0.152 e. The Kier molecular flexibility index (Phi) is 4.27. The van der Waals surface area contributed by atoms with Crippen molar-refractivity contribution in [1.29, 1.82) is 0 Å². The van der Waals surface area contributed by atoms with Gasteiger partial charge in [-0.05, 0) is 36.2 Å². The number of benzene rings is 2. The van der Waals surface area contributed by atoms with Crippen LogP contribution in [0.1, 0.15) is 11.1 Å². The molecule has 2 aromatic rings. The minimum Gasteiger partial charge on any atom is -0.376 e. The number of hydrogen-bond acceptors (Lipinski definition) is 1. The maximum absolute atomic E-state index is 13.8. The van der Waals surface area contributed by atoms with Crippen molar-refractivity contribution in [2.45, 2.75) is 13.5 Å². The summed E-state index contributed by atoms with van der Waals surface area (Å²) in [5, 5.41) is 3.69. The quantitative estimate of drug-likeness (QED) is 0.822. The first-order chi connectivity index (χ1) is 8.99. The monoisotopic (exact) mass is 301 g/mol. The maximum atomic E-state index is 13.8. The third kappa shape index (κ3) is 3.17. The molecule has 0 bridgehead atoms. The third-order valence-electron chi connectivity index (χ3n) is 2.75. The van der Waals surface area contributed by atoms with Crippen LogP contribution in [0, 0.1) is 18.6 Å². The molecule has 0 heterocycles. The van der Waals surface area contributed by atoms with E-state index in [0.717, 1.165) is 0 Å². The van der Waals surface area contributed by atoms with E-state index in [1.54, 1.807) is 25.1 Å². The predicted molar refractivity (Wildman–Crippen MR) is 74.9 cm³/mol. The summed E-state index contributed by atoms with van der Waals surface area (Å²) in [4.78, 5) is 0. The molecule has 0 atom stereocenters. The Morgan fingerprint density at radius 3 is 2.53 bits per heavy atom. The van der Waals surface area contributed by atoms with Gasteiger partial charge in [-0.15, -0.1) is 0 Å². The summed E-state index contributed by atoms with van der Waals surface area (Å²) in [6.45, 7) is 1.79. The van der Waals surface area contributed by atoms with Crippen molar-refractivity contribution in [3.05, 3.63) is 63.1 Å². The average molecular weight is 302 g/mol. The highest BCUT2D eigenvalue weighted by molar-refractivity contribution is 6.35. The number of nitrogens with one attached hydrogen (secondary N) is 1. The van der Waals surface area contributed by atoms with Crippen molar-refractivity contribution in [2.24, 2.45) is 0 Å². The summed E-state index contributed by atoms with van der Waals surface area (Å²) < 4.78 is 27.3. The zero-order valence-corrected chi connectivity index (χ0v) is 11.6. The Morgan fingerprint density at radius 2 is 1.84 bits per heavy atom. The first-order valence-electron chi connectivity index (χ1n) is 5.61. The molecule has 0 fully saturated rings. The topological polar surface area (TPSA) is 12.0 Å². The molecule has 100 valence electrons. The number of hydrogen-bond donors (Lipinski definition) is 1. The van der Waals surface area contributed by atoms with Crippen LogP contribution in [0.5, 0.6) is 0 Å². The van der Waals surface area contributed by atoms with Gasteiger partial charge in [-0.1, -0.05) is 35.3 Å². The average Bonchev–Trinajstić information content (AvgIpc) is 2.36. The molecule has 0 aliphatic rings. The zero-order valence-electron chi connectivity index (χ0n) is 10.1. The van der Waals surface area contributed by atoms with E-state index in [9.17, 15) is 8.78 Å².